The largest absolute Gasteiger partial charge is 0.330 e. The van der Waals surface area contributed by atoms with Crippen molar-refractivity contribution in [2.24, 2.45) is 11.7 Å². The minimum Gasteiger partial charge on any atom is -0.330 e. The smallest absolute Gasteiger partial charge is 0.127 e. The van der Waals surface area contributed by atoms with Gasteiger partial charge in [0.05, 0.1) is 0 Å². The van der Waals surface area contributed by atoms with E-state index in [0.29, 0.717) is 18.2 Å². The Morgan fingerprint density at radius 3 is 2.94 bits per heavy atom. The van der Waals surface area contributed by atoms with Crippen LogP contribution >= 0.6 is 11.8 Å². The number of rotatable bonds is 4. The van der Waals surface area contributed by atoms with Gasteiger partial charge in [0, 0.05) is 15.7 Å². The lowest BCUT2D eigenvalue weighted by atomic mass is 9.91. The van der Waals surface area contributed by atoms with Crippen LogP contribution in [0.1, 0.15) is 38.2 Å². The van der Waals surface area contributed by atoms with Gasteiger partial charge < -0.3 is 5.73 Å². The quantitative estimate of drug-likeness (QED) is 0.892. The van der Waals surface area contributed by atoms with Gasteiger partial charge in [0.25, 0.3) is 0 Å². The van der Waals surface area contributed by atoms with Gasteiger partial charge in [-0.15, -0.1) is 11.8 Å². The fourth-order valence-corrected chi connectivity index (χ4v) is 4.27. The first-order chi connectivity index (χ1) is 8.70. The standard InChI is InChI=1S/C15H22FNS/c1-11-4-2-5-12(10-11)18-15-7-3-6-14(16)13(15)8-9-17/h3,6-7,11-12H,2,4-5,8-10,17H2,1H3. The predicted molar refractivity (Wildman–Crippen MR) is 76.4 cm³/mol. The monoisotopic (exact) mass is 267 g/mol. The summed E-state index contributed by atoms with van der Waals surface area (Å²) in [6, 6.07) is 5.39. The van der Waals surface area contributed by atoms with Crippen LogP contribution < -0.4 is 5.73 Å². The van der Waals surface area contributed by atoms with E-state index in [1.54, 1.807) is 6.07 Å². The SMILES string of the molecule is CC1CCCC(Sc2cccc(F)c2CCN)C1. The minimum atomic E-state index is -0.102. The van der Waals surface area contributed by atoms with Crippen molar-refractivity contribution in [3.8, 4) is 0 Å². The molecule has 1 aliphatic carbocycles. The maximum Gasteiger partial charge on any atom is 0.127 e. The Kier molecular flexibility index (Phi) is 5.07. The molecule has 0 aromatic heterocycles. The van der Waals surface area contributed by atoms with E-state index < -0.39 is 0 Å². The summed E-state index contributed by atoms with van der Waals surface area (Å²) >= 11 is 1.85. The molecule has 0 heterocycles. The van der Waals surface area contributed by atoms with Crippen molar-refractivity contribution in [3.63, 3.8) is 0 Å². The van der Waals surface area contributed by atoms with Crippen LogP contribution in [0.5, 0.6) is 0 Å². The molecule has 2 N–H and O–H groups in total. The van der Waals surface area contributed by atoms with Gasteiger partial charge >= 0.3 is 0 Å². The van der Waals surface area contributed by atoms with Gasteiger partial charge in [0.15, 0.2) is 0 Å². The zero-order valence-electron chi connectivity index (χ0n) is 11.0. The van der Waals surface area contributed by atoms with Crippen molar-refractivity contribution >= 4 is 11.8 Å². The van der Waals surface area contributed by atoms with Crippen LogP contribution in [0.2, 0.25) is 0 Å². The third-order valence-electron chi connectivity index (χ3n) is 3.65. The van der Waals surface area contributed by atoms with E-state index in [0.717, 1.165) is 16.4 Å². The molecular formula is C15H22FNS. The van der Waals surface area contributed by atoms with Gasteiger partial charge in [-0.2, -0.15) is 0 Å². The molecule has 0 spiro atoms. The molecule has 0 radical (unpaired) electrons. The molecule has 0 bridgehead atoms. The van der Waals surface area contributed by atoms with Crippen molar-refractivity contribution in [1.82, 2.24) is 0 Å². The summed E-state index contributed by atoms with van der Waals surface area (Å²) in [5, 5.41) is 0.645. The van der Waals surface area contributed by atoms with Gasteiger partial charge in [-0.25, -0.2) is 4.39 Å². The van der Waals surface area contributed by atoms with Crippen LogP contribution in [0.4, 0.5) is 4.39 Å². The summed E-state index contributed by atoms with van der Waals surface area (Å²) in [4.78, 5) is 1.10. The highest BCUT2D eigenvalue weighted by Gasteiger charge is 2.21. The lowest BCUT2D eigenvalue weighted by Crippen LogP contribution is -2.15. The molecule has 1 aromatic rings. The second-order valence-corrected chi connectivity index (χ2v) is 6.61. The van der Waals surface area contributed by atoms with Crippen LogP contribution in [0, 0.1) is 11.7 Å². The topological polar surface area (TPSA) is 26.0 Å². The van der Waals surface area contributed by atoms with Crippen LogP contribution in [0.25, 0.3) is 0 Å². The molecule has 0 saturated heterocycles. The third-order valence-corrected chi connectivity index (χ3v) is 5.05. The molecule has 1 aliphatic rings. The fourth-order valence-electron chi connectivity index (χ4n) is 2.70. The zero-order chi connectivity index (χ0) is 13.0. The van der Waals surface area contributed by atoms with Crippen LogP contribution in [0.15, 0.2) is 23.1 Å². The molecule has 3 heteroatoms. The van der Waals surface area contributed by atoms with E-state index in [1.165, 1.54) is 25.7 Å². The molecule has 18 heavy (non-hydrogen) atoms. The first-order valence-electron chi connectivity index (χ1n) is 6.84. The van der Waals surface area contributed by atoms with E-state index >= 15 is 0 Å². The first kappa shape index (κ1) is 13.9. The lowest BCUT2D eigenvalue weighted by Gasteiger charge is -2.26. The van der Waals surface area contributed by atoms with Crippen molar-refractivity contribution in [2.45, 2.75) is 49.2 Å². The Labute approximate surface area is 113 Å². The van der Waals surface area contributed by atoms with Crippen molar-refractivity contribution in [1.29, 1.82) is 0 Å². The fraction of sp³-hybridized carbons (Fsp3) is 0.600. The second-order valence-electron chi connectivity index (χ2n) is 5.27. The van der Waals surface area contributed by atoms with E-state index in [2.05, 4.69) is 6.92 Å². The van der Waals surface area contributed by atoms with E-state index in [4.69, 9.17) is 5.73 Å². The summed E-state index contributed by atoms with van der Waals surface area (Å²) < 4.78 is 13.8. The first-order valence-corrected chi connectivity index (χ1v) is 7.72. The number of hydrogen-bond donors (Lipinski definition) is 1. The molecule has 100 valence electrons. The van der Waals surface area contributed by atoms with Gasteiger partial charge in [-0.1, -0.05) is 25.8 Å². The number of nitrogens with two attached hydrogens (primary N) is 1. The van der Waals surface area contributed by atoms with Gasteiger partial charge in [0.1, 0.15) is 5.82 Å². The summed E-state index contributed by atoms with van der Waals surface area (Å²) in [5.41, 5.74) is 6.39. The molecule has 1 fully saturated rings. The summed E-state index contributed by atoms with van der Waals surface area (Å²) in [7, 11) is 0. The minimum absolute atomic E-state index is 0.102. The molecule has 1 nitrogen and oxygen atoms in total. The Hall–Kier alpha value is -0.540. The predicted octanol–water partition coefficient (Wildman–Crippen LogP) is 4.00. The lowest BCUT2D eigenvalue weighted by molar-refractivity contribution is 0.394. The van der Waals surface area contributed by atoms with Crippen LogP contribution in [-0.4, -0.2) is 11.8 Å². The normalized spacial score (nSPS) is 24.2. The van der Waals surface area contributed by atoms with E-state index in [-0.39, 0.29) is 5.82 Å². The molecule has 2 atom stereocenters. The molecule has 1 aromatic carbocycles. The molecule has 0 aliphatic heterocycles. The van der Waals surface area contributed by atoms with Crippen LogP contribution in [0.3, 0.4) is 0 Å². The van der Waals surface area contributed by atoms with Crippen molar-refractivity contribution in [3.05, 3.63) is 29.6 Å². The van der Waals surface area contributed by atoms with Crippen molar-refractivity contribution < 1.29 is 4.39 Å². The number of benzene rings is 1. The van der Waals surface area contributed by atoms with Gasteiger partial charge in [-0.3, -0.25) is 0 Å². The number of thioether (sulfide) groups is 1. The van der Waals surface area contributed by atoms with Crippen LogP contribution in [-0.2, 0) is 6.42 Å². The Morgan fingerprint density at radius 1 is 1.39 bits per heavy atom. The maximum atomic E-state index is 13.8. The van der Waals surface area contributed by atoms with Crippen molar-refractivity contribution in [2.75, 3.05) is 6.54 Å². The number of halogens is 1. The highest BCUT2D eigenvalue weighted by Crippen LogP contribution is 2.37. The molecule has 1 saturated carbocycles. The maximum absolute atomic E-state index is 13.8. The van der Waals surface area contributed by atoms with Gasteiger partial charge in [0.2, 0.25) is 0 Å². The summed E-state index contributed by atoms with van der Waals surface area (Å²) in [6.45, 7) is 2.83. The van der Waals surface area contributed by atoms with E-state index in [1.807, 2.05) is 23.9 Å². The Balaban J connectivity index is 2.10. The highest BCUT2D eigenvalue weighted by atomic mass is 32.2. The average Bonchev–Trinajstić information content (AvgIpc) is 2.34. The zero-order valence-corrected chi connectivity index (χ0v) is 11.8. The Bertz CT molecular complexity index is 394. The third kappa shape index (κ3) is 3.48. The highest BCUT2D eigenvalue weighted by molar-refractivity contribution is 8.00. The Morgan fingerprint density at radius 2 is 2.22 bits per heavy atom. The number of hydrogen-bond acceptors (Lipinski definition) is 2. The molecule has 2 unspecified atom stereocenters. The average molecular weight is 267 g/mol. The molecular weight excluding hydrogens is 245 g/mol. The second kappa shape index (κ2) is 6.58. The molecule has 0 amide bonds. The molecule has 2 rings (SSSR count). The summed E-state index contributed by atoms with van der Waals surface area (Å²) in [6.07, 6.45) is 5.80. The van der Waals surface area contributed by atoms with E-state index in [9.17, 15) is 4.39 Å². The van der Waals surface area contributed by atoms with Gasteiger partial charge in [-0.05, 0) is 43.9 Å². The summed E-state index contributed by atoms with van der Waals surface area (Å²) in [5.74, 6) is 0.706.